The van der Waals surface area contributed by atoms with Gasteiger partial charge in [0.25, 0.3) is 0 Å². The Balaban J connectivity index is 0.00000225. The second kappa shape index (κ2) is 9.67. The van der Waals surface area contributed by atoms with Gasteiger partial charge in [0.1, 0.15) is 5.82 Å². The first-order valence-corrected chi connectivity index (χ1v) is 9.92. The molecule has 2 aromatic heterocycles. The molecule has 1 aliphatic rings. The number of hydrogen-bond acceptors (Lipinski definition) is 6. The molecule has 0 aliphatic carbocycles. The molecule has 0 saturated carbocycles. The third kappa shape index (κ3) is 5.04. The van der Waals surface area contributed by atoms with Crippen molar-refractivity contribution in [3.8, 4) is 0 Å². The lowest BCUT2D eigenvalue weighted by Crippen LogP contribution is -2.52. The number of anilines is 1. The first-order chi connectivity index (χ1) is 11.7. The molecule has 0 atom stereocenters. The largest absolute Gasteiger partial charge is 0.351 e. The van der Waals surface area contributed by atoms with Crippen LogP contribution in [-0.2, 0) is 13.0 Å². The normalized spacial score (nSPS) is 15.2. The van der Waals surface area contributed by atoms with Crippen molar-refractivity contribution in [3.05, 3.63) is 27.7 Å². The van der Waals surface area contributed by atoms with E-state index in [1.807, 2.05) is 7.05 Å². The van der Waals surface area contributed by atoms with Gasteiger partial charge in [-0.25, -0.2) is 4.98 Å². The lowest BCUT2D eigenvalue weighted by Gasteiger charge is -2.36. The molecule has 0 bridgehead atoms. The van der Waals surface area contributed by atoms with Gasteiger partial charge in [-0.15, -0.1) is 35.3 Å². The van der Waals surface area contributed by atoms with Gasteiger partial charge in [-0.2, -0.15) is 4.37 Å². The fourth-order valence-electron chi connectivity index (χ4n) is 2.70. The van der Waals surface area contributed by atoms with E-state index >= 15 is 0 Å². The molecule has 2 aromatic rings. The maximum absolute atomic E-state index is 4.59. The average Bonchev–Trinajstić information content (AvgIpc) is 3.25. The van der Waals surface area contributed by atoms with Crippen molar-refractivity contribution in [1.29, 1.82) is 0 Å². The summed E-state index contributed by atoms with van der Waals surface area (Å²) in [4.78, 5) is 15.1. The van der Waals surface area contributed by atoms with E-state index in [1.54, 1.807) is 11.3 Å². The highest BCUT2D eigenvalue weighted by Gasteiger charge is 2.22. The van der Waals surface area contributed by atoms with E-state index in [0.29, 0.717) is 0 Å². The Hall–Kier alpha value is -0.940. The Labute approximate surface area is 174 Å². The number of hydrogen-bond donors (Lipinski definition) is 1. The molecule has 0 unspecified atom stereocenters. The van der Waals surface area contributed by atoms with E-state index in [0.717, 1.165) is 56.1 Å². The predicted molar refractivity (Wildman–Crippen MR) is 118 cm³/mol. The Morgan fingerprint density at radius 2 is 2.08 bits per heavy atom. The van der Waals surface area contributed by atoms with Gasteiger partial charge < -0.3 is 15.1 Å². The molecule has 6 nitrogen and oxygen atoms in total. The van der Waals surface area contributed by atoms with Crippen LogP contribution in [0.5, 0.6) is 0 Å². The summed E-state index contributed by atoms with van der Waals surface area (Å²) in [6, 6.07) is 2.16. The molecule has 3 rings (SSSR count). The molecule has 0 aromatic carbocycles. The van der Waals surface area contributed by atoms with Crippen molar-refractivity contribution in [1.82, 2.24) is 19.6 Å². The topological polar surface area (TPSA) is 56.7 Å². The number of piperazine rings is 1. The van der Waals surface area contributed by atoms with Crippen LogP contribution in [0.15, 0.2) is 16.4 Å². The second-order valence-corrected chi connectivity index (χ2v) is 7.48. The summed E-state index contributed by atoms with van der Waals surface area (Å²) in [6.45, 7) is 8.89. The molecule has 0 amide bonds. The summed E-state index contributed by atoms with van der Waals surface area (Å²) in [6.07, 6.45) is 0.898. The summed E-state index contributed by atoms with van der Waals surface area (Å²) in [5.74, 6) is 1.93. The minimum Gasteiger partial charge on any atom is -0.351 e. The lowest BCUT2D eigenvalue weighted by molar-refractivity contribution is 0.372. The van der Waals surface area contributed by atoms with E-state index in [2.05, 4.69) is 54.8 Å². The third-order valence-corrected chi connectivity index (χ3v) is 6.05. The fraction of sp³-hybridized carbons (Fsp3) is 0.562. The van der Waals surface area contributed by atoms with Gasteiger partial charge in [-0.05, 0) is 23.9 Å². The minimum absolute atomic E-state index is 0. The van der Waals surface area contributed by atoms with E-state index in [4.69, 9.17) is 0 Å². The minimum atomic E-state index is 0. The van der Waals surface area contributed by atoms with Crippen LogP contribution in [0.4, 0.5) is 5.13 Å². The average molecular weight is 492 g/mol. The summed E-state index contributed by atoms with van der Waals surface area (Å²) in [7, 11) is 1.86. The molecule has 9 heteroatoms. The van der Waals surface area contributed by atoms with Crippen LogP contribution in [0.25, 0.3) is 0 Å². The van der Waals surface area contributed by atoms with E-state index in [-0.39, 0.29) is 24.0 Å². The fourth-order valence-corrected chi connectivity index (χ4v) is 4.35. The standard InChI is InChI=1S/C16H24N6S2.HI/c1-4-14-19-16(24-20-14)22-8-6-21(7-9-22)15(17-3)18-11-13-12(2)5-10-23-13;/h5,10H,4,6-9,11H2,1-3H3,(H,17,18);1H. The van der Waals surface area contributed by atoms with Gasteiger partial charge in [0.2, 0.25) is 5.13 Å². The molecule has 0 radical (unpaired) electrons. The zero-order valence-corrected chi connectivity index (χ0v) is 18.8. The highest BCUT2D eigenvalue weighted by molar-refractivity contribution is 14.0. The van der Waals surface area contributed by atoms with Crippen molar-refractivity contribution in [2.45, 2.75) is 26.8 Å². The Morgan fingerprint density at radius 1 is 1.32 bits per heavy atom. The molecule has 1 fully saturated rings. The zero-order chi connectivity index (χ0) is 16.9. The highest BCUT2D eigenvalue weighted by Crippen LogP contribution is 2.19. The first kappa shape index (κ1) is 20.4. The van der Waals surface area contributed by atoms with Crippen molar-refractivity contribution in [3.63, 3.8) is 0 Å². The van der Waals surface area contributed by atoms with Crippen molar-refractivity contribution in [2.24, 2.45) is 4.99 Å². The van der Waals surface area contributed by atoms with Crippen LogP contribution >= 0.6 is 46.8 Å². The number of aromatic nitrogens is 2. The van der Waals surface area contributed by atoms with Gasteiger partial charge in [0.15, 0.2) is 5.96 Å². The highest BCUT2D eigenvalue weighted by atomic mass is 127. The Morgan fingerprint density at radius 3 is 2.64 bits per heavy atom. The van der Waals surface area contributed by atoms with Crippen molar-refractivity contribution < 1.29 is 0 Å². The smallest absolute Gasteiger partial charge is 0.205 e. The Kier molecular flexibility index (Phi) is 7.88. The first-order valence-electron chi connectivity index (χ1n) is 8.27. The van der Waals surface area contributed by atoms with Crippen LogP contribution in [-0.4, -0.2) is 53.4 Å². The van der Waals surface area contributed by atoms with E-state index in [1.165, 1.54) is 22.0 Å². The lowest BCUT2D eigenvalue weighted by atomic mass is 10.3. The number of aryl methyl sites for hydroxylation is 2. The molecule has 1 aliphatic heterocycles. The number of aliphatic imine (C=N–C) groups is 1. The van der Waals surface area contributed by atoms with Gasteiger partial charge in [0, 0.05) is 56.1 Å². The summed E-state index contributed by atoms with van der Waals surface area (Å²) < 4.78 is 4.39. The predicted octanol–water partition coefficient (Wildman–Crippen LogP) is 2.99. The molecule has 1 N–H and O–H groups in total. The number of nitrogens with zero attached hydrogens (tertiary/aromatic N) is 5. The maximum atomic E-state index is 4.59. The molecular formula is C16H25IN6S2. The SMILES string of the molecule is CCc1nsc(N2CCN(C(=NC)NCc3sccc3C)CC2)n1.I. The van der Waals surface area contributed by atoms with Crippen molar-refractivity contribution in [2.75, 3.05) is 38.1 Å². The maximum Gasteiger partial charge on any atom is 0.205 e. The number of guanidine groups is 1. The molecular weight excluding hydrogens is 467 g/mol. The quantitative estimate of drug-likeness (QED) is 0.404. The van der Waals surface area contributed by atoms with Gasteiger partial charge >= 0.3 is 0 Å². The van der Waals surface area contributed by atoms with Gasteiger partial charge in [-0.3, -0.25) is 4.99 Å². The molecule has 25 heavy (non-hydrogen) atoms. The number of halogens is 1. The summed E-state index contributed by atoms with van der Waals surface area (Å²) >= 11 is 3.30. The Bertz CT molecular complexity index is 690. The third-order valence-electron chi connectivity index (χ3n) is 4.21. The van der Waals surface area contributed by atoms with E-state index in [9.17, 15) is 0 Å². The molecule has 1 saturated heterocycles. The van der Waals surface area contributed by atoms with E-state index < -0.39 is 0 Å². The molecule has 0 spiro atoms. The van der Waals surface area contributed by atoms with Crippen LogP contribution in [0.3, 0.4) is 0 Å². The van der Waals surface area contributed by atoms with Gasteiger partial charge in [0.05, 0.1) is 6.54 Å². The zero-order valence-electron chi connectivity index (χ0n) is 14.9. The van der Waals surface area contributed by atoms with Gasteiger partial charge in [-0.1, -0.05) is 6.92 Å². The van der Waals surface area contributed by atoms with Crippen molar-refractivity contribution >= 4 is 57.9 Å². The number of rotatable bonds is 4. The van der Waals surface area contributed by atoms with Crippen LogP contribution in [0, 0.1) is 6.92 Å². The summed E-state index contributed by atoms with van der Waals surface area (Å²) in [5, 5.41) is 6.68. The number of thiophene rings is 1. The van der Waals surface area contributed by atoms with Crippen LogP contribution in [0.2, 0.25) is 0 Å². The van der Waals surface area contributed by atoms with Crippen LogP contribution in [0.1, 0.15) is 23.2 Å². The molecule has 138 valence electrons. The van der Waals surface area contributed by atoms with Crippen LogP contribution < -0.4 is 10.2 Å². The summed E-state index contributed by atoms with van der Waals surface area (Å²) in [5.41, 5.74) is 1.34. The monoisotopic (exact) mass is 492 g/mol. The molecule has 3 heterocycles. The second-order valence-electron chi connectivity index (χ2n) is 5.75. The number of nitrogens with one attached hydrogen (secondary N) is 1.